The van der Waals surface area contributed by atoms with Crippen LogP contribution in [-0.4, -0.2) is 30.9 Å². The predicted molar refractivity (Wildman–Crippen MR) is 81.2 cm³/mol. The number of nitrogens with zero attached hydrogens (tertiary/aromatic N) is 2. The summed E-state index contributed by atoms with van der Waals surface area (Å²) in [4.78, 5) is 15.2. The number of anilines is 2. The zero-order valence-corrected chi connectivity index (χ0v) is 12.5. The summed E-state index contributed by atoms with van der Waals surface area (Å²) in [5.41, 5.74) is 6.23. The second-order valence-electron chi connectivity index (χ2n) is 4.08. The smallest absolute Gasteiger partial charge is 0.257 e. The highest BCUT2D eigenvalue weighted by molar-refractivity contribution is 7.11. The number of carbonyl (C=O) groups excluding carboxylic acids is 1. The Morgan fingerprint density at radius 1 is 1.58 bits per heavy atom. The van der Waals surface area contributed by atoms with Gasteiger partial charge in [0.25, 0.3) is 5.91 Å². The predicted octanol–water partition coefficient (Wildman–Crippen LogP) is 1.83. The fourth-order valence-corrected chi connectivity index (χ4v) is 3.22. The number of nitrogens with one attached hydrogen (secondary N) is 1. The zero-order valence-electron chi connectivity index (χ0n) is 10.8. The third-order valence-electron chi connectivity index (χ3n) is 2.78. The molecule has 2 aromatic rings. The molecule has 0 fully saturated rings. The van der Waals surface area contributed by atoms with Gasteiger partial charge in [0.05, 0.1) is 0 Å². The van der Waals surface area contributed by atoms with Gasteiger partial charge in [-0.3, -0.25) is 4.79 Å². The SMILES string of the molecule is CNC(=O)c1c(N)nsc1N(C)CCc1cccs1. The Kier molecular flexibility index (Phi) is 4.39. The molecule has 2 heterocycles. The van der Waals surface area contributed by atoms with Gasteiger partial charge >= 0.3 is 0 Å². The van der Waals surface area contributed by atoms with Crippen LogP contribution in [0.5, 0.6) is 0 Å². The van der Waals surface area contributed by atoms with Crippen LogP contribution in [0.3, 0.4) is 0 Å². The molecule has 0 radical (unpaired) electrons. The van der Waals surface area contributed by atoms with Crippen molar-refractivity contribution in [1.82, 2.24) is 9.69 Å². The number of hydrogen-bond donors (Lipinski definition) is 2. The lowest BCUT2D eigenvalue weighted by atomic mass is 10.2. The van der Waals surface area contributed by atoms with Crippen LogP contribution < -0.4 is 16.0 Å². The minimum atomic E-state index is -0.191. The lowest BCUT2D eigenvalue weighted by Gasteiger charge is -2.17. The second kappa shape index (κ2) is 6.03. The first-order valence-electron chi connectivity index (χ1n) is 5.84. The highest BCUT2D eigenvalue weighted by Gasteiger charge is 2.20. The van der Waals surface area contributed by atoms with Gasteiger partial charge in [-0.1, -0.05) is 6.07 Å². The summed E-state index contributed by atoms with van der Waals surface area (Å²) >= 11 is 3.00. The molecule has 0 bridgehead atoms. The molecule has 2 aromatic heterocycles. The lowest BCUT2D eigenvalue weighted by molar-refractivity contribution is 0.0964. The Hall–Kier alpha value is -1.60. The van der Waals surface area contributed by atoms with E-state index in [2.05, 4.69) is 21.1 Å². The summed E-state index contributed by atoms with van der Waals surface area (Å²) in [6.45, 7) is 0.826. The highest BCUT2D eigenvalue weighted by atomic mass is 32.1. The van der Waals surface area contributed by atoms with Crippen LogP contribution in [0.4, 0.5) is 10.8 Å². The van der Waals surface area contributed by atoms with Gasteiger partial charge in [-0.25, -0.2) is 0 Å². The molecule has 0 spiro atoms. The minimum Gasteiger partial charge on any atom is -0.382 e. The fraction of sp³-hybridized carbons (Fsp3) is 0.333. The standard InChI is InChI=1S/C12H16N4OS2/c1-14-11(17)9-10(13)15-19-12(9)16(2)6-5-8-4-3-7-18-8/h3-4,7H,5-6H2,1-2H3,(H2,13,15)(H,14,17). The molecule has 0 aliphatic rings. The number of likely N-dealkylation sites (N-methyl/N-ethyl adjacent to an activating group) is 1. The molecular formula is C12H16N4OS2. The lowest BCUT2D eigenvalue weighted by Crippen LogP contribution is -2.25. The van der Waals surface area contributed by atoms with E-state index in [4.69, 9.17) is 5.73 Å². The highest BCUT2D eigenvalue weighted by Crippen LogP contribution is 2.29. The van der Waals surface area contributed by atoms with Crippen molar-refractivity contribution in [1.29, 1.82) is 0 Å². The molecule has 0 saturated heterocycles. The number of nitrogen functional groups attached to an aromatic ring is 1. The van der Waals surface area contributed by atoms with Crippen molar-refractivity contribution in [2.75, 3.05) is 31.3 Å². The third kappa shape index (κ3) is 3.05. The summed E-state index contributed by atoms with van der Waals surface area (Å²) < 4.78 is 4.07. The summed E-state index contributed by atoms with van der Waals surface area (Å²) in [5.74, 6) is 0.103. The van der Waals surface area contributed by atoms with Crippen molar-refractivity contribution in [2.45, 2.75) is 6.42 Å². The van der Waals surface area contributed by atoms with Gasteiger partial charge in [-0.15, -0.1) is 11.3 Å². The van der Waals surface area contributed by atoms with E-state index in [0.717, 1.165) is 18.0 Å². The van der Waals surface area contributed by atoms with Gasteiger partial charge < -0.3 is 16.0 Å². The van der Waals surface area contributed by atoms with Crippen LogP contribution in [0.1, 0.15) is 15.2 Å². The molecule has 1 amide bonds. The van der Waals surface area contributed by atoms with Crippen LogP contribution >= 0.6 is 22.9 Å². The van der Waals surface area contributed by atoms with Crippen molar-refractivity contribution < 1.29 is 4.79 Å². The van der Waals surface area contributed by atoms with Gasteiger partial charge in [-0.2, -0.15) is 4.37 Å². The maximum absolute atomic E-state index is 11.8. The molecule has 0 atom stereocenters. The number of amides is 1. The van der Waals surface area contributed by atoms with Crippen molar-refractivity contribution >= 4 is 39.6 Å². The number of aromatic nitrogens is 1. The van der Waals surface area contributed by atoms with E-state index in [1.807, 2.05) is 18.0 Å². The van der Waals surface area contributed by atoms with Crippen molar-refractivity contribution in [3.8, 4) is 0 Å². The summed E-state index contributed by atoms with van der Waals surface area (Å²) in [5, 5.41) is 5.48. The molecule has 0 unspecified atom stereocenters. The number of rotatable bonds is 5. The maximum Gasteiger partial charge on any atom is 0.257 e. The number of thiophene rings is 1. The Labute approximate surface area is 120 Å². The number of hydrogen-bond acceptors (Lipinski definition) is 6. The molecule has 0 aromatic carbocycles. The minimum absolute atomic E-state index is 0.191. The van der Waals surface area contributed by atoms with Crippen LogP contribution in [-0.2, 0) is 6.42 Å². The quantitative estimate of drug-likeness (QED) is 0.883. The van der Waals surface area contributed by atoms with E-state index >= 15 is 0 Å². The van der Waals surface area contributed by atoms with E-state index < -0.39 is 0 Å². The molecule has 0 saturated carbocycles. The van der Waals surface area contributed by atoms with Crippen LogP contribution in [0.2, 0.25) is 0 Å². The second-order valence-corrected chi connectivity index (χ2v) is 5.86. The van der Waals surface area contributed by atoms with Gasteiger partial charge in [-0.05, 0) is 29.4 Å². The van der Waals surface area contributed by atoms with Gasteiger partial charge in [0.2, 0.25) is 0 Å². The summed E-state index contributed by atoms with van der Waals surface area (Å²) in [6, 6.07) is 4.15. The first-order chi connectivity index (χ1) is 9.13. The van der Waals surface area contributed by atoms with Crippen LogP contribution in [0.15, 0.2) is 17.5 Å². The van der Waals surface area contributed by atoms with Crippen molar-refractivity contribution in [2.24, 2.45) is 0 Å². The number of carbonyl (C=O) groups is 1. The van der Waals surface area contributed by atoms with E-state index in [1.54, 1.807) is 18.4 Å². The normalized spacial score (nSPS) is 10.4. The molecule has 19 heavy (non-hydrogen) atoms. The Balaban J connectivity index is 2.10. The monoisotopic (exact) mass is 296 g/mol. The number of nitrogens with two attached hydrogens (primary N) is 1. The van der Waals surface area contributed by atoms with Gasteiger partial charge in [0.1, 0.15) is 10.6 Å². The summed E-state index contributed by atoms with van der Waals surface area (Å²) in [7, 11) is 3.54. The molecule has 2 rings (SSSR count). The first kappa shape index (κ1) is 13.8. The van der Waals surface area contributed by atoms with Crippen molar-refractivity contribution in [3.05, 3.63) is 28.0 Å². The Bertz CT molecular complexity index is 550. The zero-order chi connectivity index (χ0) is 13.8. The van der Waals surface area contributed by atoms with E-state index in [9.17, 15) is 4.79 Å². The van der Waals surface area contributed by atoms with Gasteiger partial charge in [0.15, 0.2) is 5.82 Å². The molecule has 0 aliphatic carbocycles. The molecule has 3 N–H and O–H groups in total. The first-order valence-corrected chi connectivity index (χ1v) is 7.49. The van der Waals surface area contributed by atoms with E-state index in [-0.39, 0.29) is 5.91 Å². The van der Waals surface area contributed by atoms with Crippen LogP contribution in [0.25, 0.3) is 0 Å². The van der Waals surface area contributed by atoms with Crippen molar-refractivity contribution in [3.63, 3.8) is 0 Å². The van der Waals surface area contributed by atoms with E-state index in [0.29, 0.717) is 11.4 Å². The summed E-state index contributed by atoms with van der Waals surface area (Å²) in [6.07, 6.45) is 0.944. The Morgan fingerprint density at radius 3 is 3.00 bits per heavy atom. The average molecular weight is 296 g/mol. The topological polar surface area (TPSA) is 71.2 Å². The van der Waals surface area contributed by atoms with Crippen LogP contribution in [0, 0.1) is 0 Å². The molecule has 7 heteroatoms. The largest absolute Gasteiger partial charge is 0.382 e. The third-order valence-corrected chi connectivity index (χ3v) is 4.69. The molecular weight excluding hydrogens is 280 g/mol. The average Bonchev–Trinajstić information content (AvgIpc) is 3.04. The van der Waals surface area contributed by atoms with E-state index in [1.165, 1.54) is 16.4 Å². The fourth-order valence-electron chi connectivity index (χ4n) is 1.73. The van der Waals surface area contributed by atoms with Gasteiger partial charge in [0, 0.05) is 25.5 Å². The molecule has 0 aliphatic heterocycles. The maximum atomic E-state index is 11.8. The Morgan fingerprint density at radius 2 is 2.37 bits per heavy atom. The molecule has 102 valence electrons. The molecule has 5 nitrogen and oxygen atoms in total.